The minimum absolute atomic E-state index is 0.0645. The van der Waals surface area contributed by atoms with Gasteiger partial charge < -0.3 is 10.6 Å². The van der Waals surface area contributed by atoms with E-state index < -0.39 is 0 Å². The molecule has 1 fully saturated rings. The second kappa shape index (κ2) is 3.53. The van der Waals surface area contributed by atoms with Gasteiger partial charge in [-0.1, -0.05) is 12.1 Å². The van der Waals surface area contributed by atoms with E-state index in [2.05, 4.69) is 44.1 Å². The first kappa shape index (κ1) is 10.5. The molecule has 15 heavy (non-hydrogen) atoms. The molecule has 0 heterocycles. The quantitative estimate of drug-likeness (QED) is 0.801. The van der Waals surface area contributed by atoms with E-state index in [0.29, 0.717) is 0 Å². The van der Waals surface area contributed by atoms with Crippen LogP contribution in [0, 0.1) is 6.92 Å². The summed E-state index contributed by atoms with van der Waals surface area (Å²) in [5.74, 6) is 0. The molecule has 0 amide bonds. The van der Waals surface area contributed by atoms with Gasteiger partial charge in [0.2, 0.25) is 0 Å². The third kappa shape index (κ3) is 1.63. The normalized spacial score (nSPS) is 18.4. The van der Waals surface area contributed by atoms with Gasteiger partial charge in [-0.25, -0.2) is 0 Å². The lowest BCUT2D eigenvalue weighted by atomic mass is 9.70. The molecule has 1 saturated carbocycles. The van der Waals surface area contributed by atoms with Crippen molar-refractivity contribution in [1.29, 1.82) is 0 Å². The van der Waals surface area contributed by atoms with Gasteiger partial charge in [0.25, 0.3) is 0 Å². The molecule has 2 heteroatoms. The molecule has 82 valence electrons. The Labute approximate surface area is 92.1 Å². The van der Waals surface area contributed by atoms with Crippen LogP contribution in [0.3, 0.4) is 0 Å². The Morgan fingerprint density at radius 1 is 1.27 bits per heavy atom. The predicted molar refractivity (Wildman–Crippen MR) is 65.2 cm³/mol. The molecule has 0 bridgehead atoms. The summed E-state index contributed by atoms with van der Waals surface area (Å²) < 4.78 is 0. The highest BCUT2D eigenvalue weighted by atomic mass is 15.1. The lowest BCUT2D eigenvalue weighted by Crippen LogP contribution is -2.44. The van der Waals surface area contributed by atoms with Crippen molar-refractivity contribution in [3.8, 4) is 0 Å². The van der Waals surface area contributed by atoms with Crippen LogP contribution in [0.4, 0.5) is 5.69 Å². The SMILES string of the molecule is Cc1cccc(N(C)C)c1C1(N)CCC1. The molecule has 1 aromatic carbocycles. The van der Waals surface area contributed by atoms with E-state index >= 15 is 0 Å². The minimum atomic E-state index is -0.0645. The average molecular weight is 204 g/mol. The molecule has 2 N–H and O–H groups in total. The average Bonchev–Trinajstić information content (AvgIpc) is 2.14. The summed E-state index contributed by atoms with van der Waals surface area (Å²) in [4.78, 5) is 2.16. The van der Waals surface area contributed by atoms with Crippen LogP contribution < -0.4 is 10.6 Å². The Balaban J connectivity index is 2.52. The molecular formula is C13H20N2. The number of benzene rings is 1. The molecule has 0 atom stereocenters. The number of nitrogens with zero attached hydrogens (tertiary/aromatic N) is 1. The molecule has 1 aromatic rings. The maximum Gasteiger partial charge on any atom is 0.0432 e. The van der Waals surface area contributed by atoms with Crippen molar-refractivity contribution < 1.29 is 0 Å². The molecule has 0 aliphatic heterocycles. The Morgan fingerprint density at radius 2 is 1.93 bits per heavy atom. The molecule has 1 aliphatic rings. The highest BCUT2D eigenvalue weighted by molar-refractivity contribution is 5.59. The molecule has 0 spiro atoms. The fourth-order valence-corrected chi connectivity index (χ4v) is 2.48. The largest absolute Gasteiger partial charge is 0.377 e. The van der Waals surface area contributed by atoms with E-state index in [1.54, 1.807) is 0 Å². The number of hydrogen-bond donors (Lipinski definition) is 1. The summed E-state index contributed by atoms with van der Waals surface area (Å²) in [5, 5.41) is 0. The fraction of sp³-hybridized carbons (Fsp3) is 0.538. The lowest BCUT2D eigenvalue weighted by molar-refractivity contribution is 0.253. The first-order valence-electron chi connectivity index (χ1n) is 5.61. The number of rotatable bonds is 2. The van der Waals surface area contributed by atoms with Crippen LogP contribution in [0.15, 0.2) is 18.2 Å². The summed E-state index contributed by atoms with van der Waals surface area (Å²) in [7, 11) is 4.17. The topological polar surface area (TPSA) is 29.3 Å². The zero-order valence-electron chi connectivity index (χ0n) is 9.88. The first-order chi connectivity index (χ1) is 7.04. The van der Waals surface area contributed by atoms with Crippen LogP contribution in [0.2, 0.25) is 0 Å². The highest BCUT2D eigenvalue weighted by Crippen LogP contribution is 2.43. The van der Waals surface area contributed by atoms with Crippen molar-refractivity contribution in [3.63, 3.8) is 0 Å². The maximum atomic E-state index is 6.44. The van der Waals surface area contributed by atoms with E-state index in [1.807, 2.05) is 0 Å². The Kier molecular flexibility index (Phi) is 2.47. The van der Waals surface area contributed by atoms with Crippen molar-refractivity contribution in [3.05, 3.63) is 29.3 Å². The summed E-state index contributed by atoms with van der Waals surface area (Å²) >= 11 is 0. The second-order valence-electron chi connectivity index (χ2n) is 4.87. The van der Waals surface area contributed by atoms with E-state index in [0.717, 1.165) is 12.8 Å². The smallest absolute Gasteiger partial charge is 0.0432 e. The monoisotopic (exact) mass is 204 g/mol. The van der Waals surface area contributed by atoms with E-state index in [-0.39, 0.29) is 5.54 Å². The van der Waals surface area contributed by atoms with Crippen LogP contribution in [0.25, 0.3) is 0 Å². The van der Waals surface area contributed by atoms with Gasteiger partial charge in [0.15, 0.2) is 0 Å². The van der Waals surface area contributed by atoms with E-state index in [1.165, 1.54) is 23.2 Å². The zero-order chi connectivity index (χ0) is 11.1. The first-order valence-corrected chi connectivity index (χ1v) is 5.61. The number of anilines is 1. The predicted octanol–water partition coefficient (Wildman–Crippen LogP) is 2.40. The number of hydrogen-bond acceptors (Lipinski definition) is 2. The summed E-state index contributed by atoms with van der Waals surface area (Å²) in [5.41, 5.74) is 10.3. The summed E-state index contributed by atoms with van der Waals surface area (Å²) in [6.07, 6.45) is 3.51. The van der Waals surface area contributed by atoms with Gasteiger partial charge in [0.05, 0.1) is 0 Å². The Morgan fingerprint density at radius 3 is 2.40 bits per heavy atom. The lowest BCUT2D eigenvalue weighted by Gasteiger charge is -2.41. The summed E-state index contributed by atoms with van der Waals surface area (Å²) in [6.45, 7) is 2.16. The van der Waals surface area contributed by atoms with Gasteiger partial charge in [0, 0.05) is 25.3 Å². The van der Waals surface area contributed by atoms with Crippen LogP contribution in [0.5, 0.6) is 0 Å². The molecular weight excluding hydrogens is 184 g/mol. The van der Waals surface area contributed by atoms with Crippen molar-refractivity contribution >= 4 is 5.69 Å². The molecule has 0 radical (unpaired) electrons. The van der Waals surface area contributed by atoms with Crippen molar-refractivity contribution in [2.45, 2.75) is 31.7 Å². The van der Waals surface area contributed by atoms with Crippen molar-refractivity contribution in [1.82, 2.24) is 0 Å². The van der Waals surface area contributed by atoms with E-state index in [9.17, 15) is 0 Å². The standard InChI is InChI=1S/C13H20N2/c1-10-6-4-7-11(15(2)3)12(10)13(14)8-5-9-13/h4,6-7H,5,8-9,14H2,1-3H3. The number of nitrogens with two attached hydrogens (primary N) is 1. The van der Waals surface area contributed by atoms with Gasteiger partial charge in [0.1, 0.15) is 0 Å². The third-order valence-electron chi connectivity index (χ3n) is 3.48. The van der Waals surface area contributed by atoms with Gasteiger partial charge in [-0.3, -0.25) is 0 Å². The molecule has 1 aliphatic carbocycles. The summed E-state index contributed by atoms with van der Waals surface area (Å²) in [6, 6.07) is 6.43. The molecule has 0 aromatic heterocycles. The van der Waals surface area contributed by atoms with Gasteiger partial charge in [-0.2, -0.15) is 0 Å². The van der Waals surface area contributed by atoms with Crippen LogP contribution >= 0.6 is 0 Å². The zero-order valence-corrected chi connectivity index (χ0v) is 9.88. The molecule has 0 saturated heterocycles. The second-order valence-corrected chi connectivity index (χ2v) is 4.87. The Hall–Kier alpha value is -1.02. The van der Waals surface area contributed by atoms with Gasteiger partial charge in [-0.05, 0) is 43.4 Å². The van der Waals surface area contributed by atoms with Crippen LogP contribution in [-0.4, -0.2) is 14.1 Å². The van der Waals surface area contributed by atoms with E-state index in [4.69, 9.17) is 5.73 Å². The highest BCUT2D eigenvalue weighted by Gasteiger charge is 2.37. The Bertz CT molecular complexity index is 365. The van der Waals surface area contributed by atoms with Crippen LogP contribution in [0.1, 0.15) is 30.4 Å². The number of aryl methyl sites for hydroxylation is 1. The fourth-order valence-electron chi connectivity index (χ4n) is 2.48. The maximum absolute atomic E-state index is 6.44. The molecule has 2 nitrogen and oxygen atoms in total. The molecule has 0 unspecified atom stereocenters. The van der Waals surface area contributed by atoms with Crippen LogP contribution in [-0.2, 0) is 5.54 Å². The van der Waals surface area contributed by atoms with Crippen molar-refractivity contribution in [2.24, 2.45) is 5.73 Å². The third-order valence-corrected chi connectivity index (χ3v) is 3.48. The van der Waals surface area contributed by atoms with Crippen molar-refractivity contribution in [2.75, 3.05) is 19.0 Å². The van der Waals surface area contributed by atoms with Gasteiger partial charge in [-0.15, -0.1) is 0 Å². The minimum Gasteiger partial charge on any atom is -0.377 e. The molecule has 2 rings (SSSR count). The van der Waals surface area contributed by atoms with Gasteiger partial charge >= 0.3 is 0 Å².